The van der Waals surface area contributed by atoms with E-state index < -0.39 is 0 Å². The minimum atomic E-state index is -0.296. The molecule has 8 nitrogen and oxygen atoms in total. The Hall–Kier alpha value is -3.18. The van der Waals surface area contributed by atoms with Crippen LogP contribution in [0.25, 0.3) is 0 Å². The largest absolute Gasteiger partial charge is 0.493 e. The monoisotopic (exact) mass is 593 g/mol. The predicted octanol–water partition coefficient (Wildman–Crippen LogP) is 4.82. The van der Waals surface area contributed by atoms with Gasteiger partial charge >= 0.3 is 0 Å². The van der Waals surface area contributed by atoms with Crippen LogP contribution in [0.4, 0.5) is 5.69 Å². The van der Waals surface area contributed by atoms with Gasteiger partial charge in [-0.25, -0.2) is 5.43 Å². The van der Waals surface area contributed by atoms with E-state index >= 15 is 0 Å². The molecule has 0 aromatic heterocycles. The van der Waals surface area contributed by atoms with E-state index in [1.165, 1.54) is 0 Å². The van der Waals surface area contributed by atoms with Gasteiger partial charge in [-0.05, 0) is 58.5 Å². The van der Waals surface area contributed by atoms with E-state index in [4.69, 9.17) is 30.5 Å². The summed E-state index contributed by atoms with van der Waals surface area (Å²) in [5, 5.41) is 7.70. The number of carbonyl (C=O) groups excluding carboxylic acids is 1. The summed E-state index contributed by atoms with van der Waals surface area (Å²) in [6.07, 6.45) is 1.54. The lowest BCUT2D eigenvalue weighted by Crippen LogP contribution is -2.25. The number of anilines is 1. The molecule has 0 saturated heterocycles. The van der Waals surface area contributed by atoms with E-state index in [0.29, 0.717) is 34.6 Å². The van der Waals surface area contributed by atoms with E-state index in [0.717, 1.165) is 20.4 Å². The SMILES string of the molecule is COc1cc(/C=N\NC(=O)CNc2ccc3c(c2)OCO3)cc(I)c1OCc1ccccc1Cl. The van der Waals surface area contributed by atoms with Gasteiger partial charge in [0.1, 0.15) is 6.61 Å². The fourth-order valence-electron chi connectivity index (χ4n) is 3.13. The van der Waals surface area contributed by atoms with Gasteiger partial charge in [-0.15, -0.1) is 0 Å². The van der Waals surface area contributed by atoms with Crippen LogP contribution in [-0.4, -0.2) is 32.6 Å². The second kappa shape index (κ2) is 11.3. The normalized spacial score (nSPS) is 12.0. The summed E-state index contributed by atoms with van der Waals surface area (Å²) in [5.74, 6) is 2.19. The molecule has 1 heterocycles. The average Bonchev–Trinajstić information content (AvgIpc) is 3.31. The highest BCUT2D eigenvalue weighted by molar-refractivity contribution is 14.1. The summed E-state index contributed by atoms with van der Waals surface area (Å²) >= 11 is 8.38. The molecule has 0 spiro atoms. The number of halogens is 2. The number of nitrogens with one attached hydrogen (secondary N) is 2. The van der Waals surface area contributed by atoms with Crippen molar-refractivity contribution in [3.63, 3.8) is 0 Å². The second-order valence-corrected chi connectivity index (χ2v) is 8.70. The van der Waals surface area contributed by atoms with Crippen molar-refractivity contribution in [2.45, 2.75) is 6.61 Å². The van der Waals surface area contributed by atoms with Gasteiger partial charge in [0, 0.05) is 22.3 Å². The number of methoxy groups -OCH3 is 1. The first-order valence-corrected chi connectivity index (χ1v) is 11.7. The van der Waals surface area contributed by atoms with E-state index in [1.54, 1.807) is 31.5 Å². The lowest BCUT2D eigenvalue weighted by Gasteiger charge is -2.14. The zero-order chi connectivity index (χ0) is 23.9. The molecule has 2 N–H and O–H groups in total. The number of hydrogen-bond donors (Lipinski definition) is 2. The van der Waals surface area contributed by atoms with Crippen LogP contribution in [0.5, 0.6) is 23.0 Å². The quantitative estimate of drug-likeness (QED) is 0.210. The standard InChI is InChI=1S/C24H21ClIN3O5/c1-31-22-9-15(8-19(26)24(22)32-13-16-4-2-3-5-18(16)25)11-28-29-23(30)12-27-17-6-7-20-21(10-17)34-14-33-20/h2-11,27H,12-14H2,1H3,(H,29,30)/b28-11-. The minimum absolute atomic E-state index is 0.0483. The zero-order valence-corrected chi connectivity index (χ0v) is 21.1. The number of ether oxygens (including phenoxy) is 4. The van der Waals surface area contributed by atoms with Gasteiger partial charge in [-0.3, -0.25) is 4.79 Å². The summed E-state index contributed by atoms with van der Waals surface area (Å²) in [6, 6.07) is 16.6. The third-order valence-corrected chi connectivity index (χ3v) is 5.98. The highest BCUT2D eigenvalue weighted by Crippen LogP contribution is 2.35. The molecule has 0 radical (unpaired) electrons. The van der Waals surface area contributed by atoms with E-state index in [-0.39, 0.29) is 19.2 Å². The van der Waals surface area contributed by atoms with Crippen LogP contribution in [-0.2, 0) is 11.4 Å². The van der Waals surface area contributed by atoms with Crippen molar-refractivity contribution in [3.8, 4) is 23.0 Å². The molecule has 176 valence electrons. The van der Waals surface area contributed by atoms with Gasteiger partial charge in [-0.1, -0.05) is 29.8 Å². The van der Waals surface area contributed by atoms with Crippen molar-refractivity contribution in [1.29, 1.82) is 0 Å². The summed E-state index contributed by atoms with van der Waals surface area (Å²) in [4.78, 5) is 12.1. The van der Waals surface area contributed by atoms with Gasteiger partial charge in [0.2, 0.25) is 6.79 Å². The number of amides is 1. The molecule has 1 amide bonds. The van der Waals surface area contributed by atoms with Crippen molar-refractivity contribution in [2.24, 2.45) is 5.10 Å². The minimum Gasteiger partial charge on any atom is -0.493 e. The van der Waals surface area contributed by atoms with E-state index in [2.05, 4.69) is 38.4 Å². The molecule has 0 fully saturated rings. The first kappa shape index (κ1) is 24.0. The van der Waals surface area contributed by atoms with Crippen molar-refractivity contribution in [1.82, 2.24) is 5.43 Å². The number of hydrazone groups is 1. The summed E-state index contributed by atoms with van der Waals surface area (Å²) in [6.45, 7) is 0.560. The molecular weight excluding hydrogens is 573 g/mol. The maximum atomic E-state index is 12.1. The number of benzene rings is 3. The van der Waals surface area contributed by atoms with Gasteiger partial charge in [0.05, 0.1) is 23.4 Å². The van der Waals surface area contributed by atoms with Crippen LogP contribution in [0.1, 0.15) is 11.1 Å². The van der Waals surface area contributed by atoms with Crippen LogP contribution in [0.3, 0.4) is 0 Å². The number of nitrogens with zero attached hydrogens (tertiary/aromatic N) is 1. The molecule has 1 aliphatic heterocycles. The first-order valence-electron chi connectivity index (χ1n) is 10.2. The number of hydrogen-bond acceptors (Lipinski definition) is 7. The third kappa shape index (κ3) is 6.03. The highest BCUT2D eigenvalue weighted by Gasteiger charge is 2.14. The molecule has 10 heteroatoms. The van der Waals surface area contributed by atoms with Crippen LogP contribution in [0, 0.1) is 3.57 Å². The topological polar surface area (TPSA) is 90.4 Å². The molecule has 0 aliphatic carbocycles. The average molecular weight is 594 g/mol. The Morgan fingerprint density at radius 1 is 1.18 bits per heavy atom. The summed E-state index contributed by atoms with van der Waals surface area (Å²) in [7, 11) is 1.57. The Labute approximate surface area is 215 Å². The molecule has 3 aromatic rings. The predicted molar refractivity (Wildman–Crippen MR) is 138 cm³/mol. The Morgan fingerprint density at radius 2 is 2.00 bits per heavy atom. The molecule has 34 heavy (non-hydrogen) atoms. The lowest BCUT2D eigenvalue weighted by atomic mass is 10.2. The highest BCUT2D eigenvalue weighted by atomic mass is 127. The van der Waals surface area contributed by atoms with E-state index in [1.807, 2.05) is 36.4 Å². The molecular formula is C24H21ClIN3O5. The molecule has 4 rings (SSSR count). The fourth-order valence-corrected chi connectivity index (χ4v) is 4.10. The second-order valence-electron chi connectivity index (χ2n) is 7.13. The molecule has 0 unspecified atom stereocenters. The van der Waals surface area contributed by atoms with Crippen LogP contribution in [0.15, 0.2) is 59.7 Å². The maximum absolute atomic E-state index is 12.1. The maximum Gasteiger partial charge on any atom is 0.259 e. The Kier molecular flexibility index (Phi) is 7.96. The molecule has 3 aromatic carbocycles. The smallest absolute Gasteiger partial charge is 0.259 e. The van der Waals surface area contributed by atoms with Crippen molar-refractivity contribution in [2.75, 3.05) is 25.8 Å². The summed E-state index contributed by atoms with van der Waals surface area (Å²) in [5.41, 5.74) is 4.87. The Morgan fingerprint density at radius 3 is 2.82 bits per heavy atom. The molecule has 0 atom stereocenters. The van der Waals surface area contributed by atoms with Crippen LogP contribution < -0.4 is 29.7 Å². The third-order valence-electron chi connectivity index (χ3n) is 4.81. The molecule has 0 bridgehead atoms. The van der Waals surface area contributed by atoms with Crippen LogP contribution in [0.2, 0.25) is 5.02 Å². The molecule has 1 aliphatic rings. The molecule has 0 saturated carbocycles. The summed E-state index contributed by atoms with van der Waals surface area (Å²) < 4.78 is 22.9. The number of fused-ring (bicyclic) bond motifs is 1. The zero-order valence-electron chi connectivity index (χ0n) is 18.1. The van der Waals surface area contributed by atoms with Crippen molar-refractivity contribution < 1.29 is 23.7 Å². The Balaban J connectivity index is 1.32. The van der Waals surface area contributed by atoms with Gasteiger partial charge in [0.25, 0.3) is 5.91 Å². The first-order chi connectivity index (χ1) is 16.5. The van der Waals surface area contributed by atoms with E-state index in [9.17, 15) is 4.79 Å². The van der Waals surface area contributed by atoms with Crippen molar-refractivity contribution in [3.05, 3.63) is 74.3 Å². The Bertz CT molecular complexity index is 1220. The number of carbonyl (C=O) groups is 1. The van der Waals surface area contributed by atoms with Gasteiger partial charge in [-0.2, -0.15) is 5.10 Å². The van der Waals surface area contributed by atoms with Crippen molar-refractivity contribution >= 4 is 52.0 Å². The fraction of sp³-hybridized carbons (Fsp3) is 0.167. The van der Waals surface area contributed by atoms with Gasteiger partial charge in [0.15, 0.2) is 23.0 Å². The number of rotatable bonds is 9. The van der Waals surface area contributed by atoms with Crippen LogP contribution >= 0.6 is 34.2 Å². The lowest BCUT2D eigenvalue weighted by molar-refractivity contribution is -0.119. The van der Waals surface area contributed by atoms with Gasteiger partial charge < -0.3 is 24.3 Å².